The second-order valence-electron chi connectivity index (χ2n) is 7.33. The molecule has 0 aliphatic heterocycles. The summed E-state index contributed by atoms with van der Waals surface area (Å²) in [5, 5.41) is 2.71. The van der Waals surface area contributed by atoms with E-state index in [2.05, 4.69) is 10.0 Å². The van der Waals surface area contributed by atoms with E-state index >= 15 is 0 Å². The fraction of sp³-hybridized carbons (Fsp3) is 0.529. The van der Waals surface area contributed by atoms with Crippen molar-refractivity contribution < 1.29 is 22.7 Å². The first-order valence-corrected chi connectivity index (χ1v) is 10.1. The minimum Gasteiger partial charge on any atom is -0.449 e. The molecule has 1 amide bonds. The first kappa shape index (κ1) is 20.7. The third-order valence-corrected chi connectivity index (χ3v) is 5.51. The lowest BCUT2D eigenvalue weighted by Crippen LogP contribution is -2.46. The third-order valence-electron chi connectivity index (χ3n) is 3.51. The molecule has 9 heteroatoms. The van der Waals surface area contributed by atoms with Gasteiger partial charge < -0.3 is 10.1 Å². The van der Waals surface area contributed by atoms with E-state index in [4.69, 9.17) is 16.3 Å². The summed E-state index contributed by atoms with van der Waals surface area (Å²) in [6.07, 6.45) is 0.528. The van der Waals surface area contributed by atoms with Gasteiger partial charge in [-0.1, -0.05) is 11.6 Å². The molecule has 1 saturated carbocycles. The van der Waals surface area contributed by atoms with E-state index in [0.717, 1.165) is 18.9 Å². The molecule has 0 unspecified atom stereocenters. The van der Waals surface area contributed by atoms with Crippen LogP contribution in [-0.2, 0) is 19.6 Å². The predicted octanol–water partition coefficient (Wildman–Crippen LogP) is 2.24. The number of hydrogen-bond acceptors (Lipinski definition) is 5. The van der Waals surface area contributed by atoms with E-state index in [1.807, 2.05) is 20.8 Å². The minimum absolute atomic E-state index is 0.000908. The summed E-state index contributed by atoms with van der Waals surface area (Å²) in [6.45, 7) is 6.87. The Morgan fingerprint density at radius 2 is 1.88 bits per heavy atom. The largest absolute Gasteiger partial charge is 0.449 e. The molecule has 0 bridgehead atoms. The van der Waals surface area contributed by atoms with Gasteiger partial charge in [0.05, 0.1) is 10.6 Å². The summed E-state index contributed by atoms with van der Waals surface area (Å²) < 4.78 is 32.4. The van der Waals surface area contributed by atoms with Crippen molar-refractivity contribution in [3.63, 3.8) is 0 Å². The number of halogens is 1. The van der Waals surface area contributed by atoms with Crippen LogP contribution in [0.15, 0.2) is 23.1 Å². The highest BCUT2D eigenvalue weighted by atomic mass is 35.5. The van der Waals surface area contributed by atoms with Gasteiger partial charge in [-0.3, -0.25) is 4.79 Å². The molecule has 1 aromatic rings. The molecule has 0 saturated heterocycles. The summed E-state index contributed by atoms with van der Waals surface area (Å²) >= 11 is 5.98. The van der Waals surface area contributed by atoms with Crippen molar-refractivity contribution in [2.75, 3.05) is 0 Å². The molecular formula is C17H23ClN2O5S. The maximum atomic E-state index is 12.4. The fourth-order valence-electron chi connectivity index (χ4n) is 2.07. The maximum Gasteiger partial charge on any atom is 0.338 e. The molecule has 144 valence electrons. The van der Waals surface area contributed by atoms with Crippen LogP contribution in [0.4, 0.5) is 0 Å². The Bertz CT molecular complexity index is 813. The summed E-state index contributed by atoms with van der Waals surface area (Å²) in [6, 6.07) is 3.74. The smallest absolute Gasteiger partial charge is 0.338 e. The van der Waals surface area contributed by atoms with Gasteiger partial charge in [-0.2, -0.15) is 0 Å². The quantitative estimate of drug-likeness (QED) is 0.710. The highest BCUT2D eigenvalue weighted by Crippen LogP contribution is 2.27. The zero-order chi connectivity index (χ0) is 19.7. The molecule has 0 aromatic heterocycles. The van der Waals surface area contributed by atoms with Crippen molar-refractivity contribution in [2.24, 2.45) is 0 Å². The van der Waals surface area contributed by atoms with Crippen LogP contribution in [0, 0.1) is 0 Å². The minimum atomic E-state index is -3.82. The molecule has 7 nitrogen and oxygen atoms in total. The van der Waals surface area contributed by atoms with Crippen LogP contribution in [0.2, 0.25) is 5.02 Å². The molecule has 2 N–H and O–H groups in total. The highest BCUT2D eigenvalue weighted by Gasteiger charge is 2.30. The highest BCUT2D eigenvalue weighted by molar-refractivity contribution is 7.89. The molecule has 2 rings (SSSR count). The molecular weight excluding hydrogens is 380 g/mol. The van der Waals surface area contributed by atoms with Gasteiger partial charge in [-0.25, -0.2) is 17.9 Å². The second kappa shape index (κ2) is 7.54. The number of rotatable bonds is 6. The Labute approximate surface area is 158 Å². The zero-order valence-corrected chi connectivity index (χ0v) is 16.7. The van der Waals surface area contributed by atoms with Crippen molar-refractivity contribution in [1.29, 1.82) is 0 Å². The predicted molar refractivity (Wildman–Crippen MR) is 97.6 cm³/mol. The van der Waals surface area contributed by atoms with Gasteiger partial charge in [0.1, 0.15) is 4.90 Å². The maximum absolute atomic E-state index is 12.4. The summed E-state index contributed by atoms with van der Waals surface area (Å²) in [7, 11) is -3.82. The molecule has 1 fully saturated rings. The van der Waals surface area contributed by atoms with Gasteiger partial charge in [-0.15, -0.1) is 0 Å². The number of amides is 1. The van der Waals surface area contributed by atoms with E-state index in [0.29, 0.717) is 0 Å². The average Bonchev–Trinajstić information content (AvgIpc) is 3.28. The number of sulfonamides is 1. The number of nitrogens with one attached hydrogen (secondary N) is 2. The normalized spacial score (nSPS) is 16.0. The van der Waals surface area contributed by atoms with Crippen molar-refractivity contribution >= 4 is 33.5 Å². The van der Waals surface area contributed by atoms with E-state index < -0.39 is 33.5 Å². The molecule has 1 aliphatic carbocycles. The molecule has 1 aromatic carbocycles. The Balaban J connectivity index is 2.14. The molecule has 26 heavy (non-hydrogen) atoms. The van der Waals surface area contributed by atoms with Gasteiger partial charge >= 0.3 is 5.97 Å². The Morgan fingerprint density at radius 1 is 1.27 bits per heavy atom. The van der Waals surface area contributed by atoms with Crippen molar-refractivity contribution in [2.45, 2.75) is 63.1 Å². The Kier molecular flexibility index (Phi) is 5.99. The van der Waals surface area contributed by atoms with E-state index in [1.165, 1.54) is 19.1 Å². The van der Waals surface area contributed by atoms with Gasteiger partial charge in [0.2, 0.25) is 10.0 Å². The number of esters is 1. The average molecular weight is 403 g/mol. The lowest BCUT2D eigenvalue weighted by Gasteiger charge is -2.23. The van der Waals surface area contributed by atoms with Crippen molar-refractivity contribution in [3.05, 3.63) is 28.8 Å². The number of carbonyl (C=O) groups is 2. The SMILES string of the molecule is C[C@H](OC(=O)c1ccc(Cl)c(S(=O)(=O)NC2CC2)c1)C(=O)NC(C)(C)C. The van der Waals surface area contributed by atoms with Crippen LogP contribution >= 0.6 is 11.6 Å². The van der Waals surface area contributed by atoms with Gasteiger partial charge in [-0.05, 0) is 58.7 Å². The van der Waals surface area contributed by atoms with E-state index in [-0.39, 0.29) is 21.5 Å². The van der Waals surface area contributed by atoms with Gasteiger partial charge in [0, 0.05) is 11.6 Å². The molecule has 0 spiro atoms. The van der Waals surface area contributed by atoms with E-state index in [9.17, 15) is 18.0 Å². The lowest BCUT2D eigenvalue weighted by molar-refractivity contribution is -0.130. The monoisotopic (exact) mass is 402 g/mol. The van der Waals surface area contributed by atoms with Crippen LogP contribution in [0.1, 0.15) is 50.9 Å². The van der Waals surface area contributed by atoms with Crippen molar-refractivity contribution in [1.82, 2.24) is 10.0 Å². The fourth-order valence-corrected chi connectivity index (χ4v) is 3.90. The van der Waals surface area contributed by atoms with Crippen LogP contribution < -0.4 is 10.0 Å². The van der Waals surface area contributed by atoms with Crippen LogP contribution in [0.3, 0.4) is 0 Å². The van der Waals surface area contributed by atoms with E-state index in [1.54, 1.807) is 0 Å². The summed E-state index contributed by atoms with van der Waals surface area (Å²) in [5.74, 6) is -1.25. The van der Waals surface area contributed by atoms with Crippen LogP contribution in [0.25, 0.3) is 0 Å². The van der Waals surface area contributed by atoms with Crippen LogP contribution in [-0.4, -0.2) is 38.0 Å². The van der Waals surface area contributed by atoms with Crippen LogP contribution in [0.5, 0.6) is 0 Å². The molecule has 0 radical (unpaired) electrons. The number of ether oxygens (including phenoxy) is 1. The lowest BCUT2D eigenvalue weighted by atomic mass is 10.1. The second-order valence-corrected chi connectivity index (χ2v) is 9.42. The summed E-state index contributed by atoms with van der Waals surface area (Å²) in [4.78, 5) is 24.1. The number of benzene rings is 1. The van der Waals surface area contributed by atoms with Gasteiger partial charge in [0.25, 0.3) is 5.91 Å². The van der Waals surface area contributed by atoms with Crippen molar-refractivity contribution in [3.8, 4) is 0 Å². The first-order chi connectivity index (χ1) is 11.9. The number of hydrogen-bond donors (Lipinski definition) is 2. The third kappa shape index (κ3) is 5.69. The Hall–Kier alpha value is -1.64. The number of carbonyl (C=O) groups excluding carboxylic acids is 2. The first-order valence-electron chi connectivity index (χ1n) is 8.24. The van der Waals surface area contributed by atoms with Gasteiger partial charge in [0.15, 0.2) is 6.10 Å². The molecule has 1 atom stereocenters. The molecule has 1 aliphatic rings. The zero-order valence-electron chi connectivity index (χ0n) is 15.1. The topological polar surface area (TPSA) is 102 Å². The summed E-state index contributed by atoms with van der Waals surface area (Å²) in [5.41, 5.74) is -0.464. The standard InChI is InChI=1S/C17H23ClN2O5S/c1-10(15(21)19-17(2,3)4)25-16(22)11-5-8-13(18)14(9-11)26(23,24)20-12-6-7-12/h5,8-10,12,20H,6-7H2,1-4H3,(H,19,21)/t10-/m0/s1. The molecule has 0 heterocycles. The Morgan fingerprint density at radius 3 is 2.42 bits per heavy atom.